The van der Waals surface area contributed by atoms with Crippen molar-refractivity contribution in [1.29, 1.82) is 0 Å². The third-order valence-electron chi connectivity index (χ3n) is 6.45. The highest BCUT2D eigenvalue weighted by molar-refractivity contribution is 6.44. The van der Waals surface area contributed by atoms with Crippen LogP contribution in [0.25, 0.3) is 0 Å². The van der Waals surface area contributed by atoms with Crippen LogP contribution in [0.5, 0.6) is 0 Å². The SMILES string of the molecule is COC1C(C)C(c2cn(CB3OC(C)(C)C(C)(C)O3)nn2)OC1n1ccc(=O)[nH]c1=O. The summed E-state index contributed by atoms with van der Waals surface area (Å²) in [6, 6.07) is 1.27. The summed E-state index contributed by atoms with van der Waals surface area (Å²) in [5.41, 5.74) is -1.26. The molecule has 0 bridgehead atoms. The number of nitrogens with one attached hydrogen (secondary N) is 1. The molecule has 168 valence electrons. The molecule has 1 N–H and O–H groups in total. The lowest BCUT2D eigenvalue weighted by Crippen LogP contribution is -2.41. The van der Waals surface area contributed by atoms with E-state index in [2.05, 4.69) is 15.3 Å². The van der Waals surface area contributed by atoms with Gasteiger partial charge in [-0.2, -0.15) is 0 Å². The summed E-state index contributed by atoms with van der Waals surface area (Å²) >= 11 is 0. The van der Waals surface area contributed by atoms with Gasteiger partial charge < -0.3 is 18.8 Å². The summed E-state index contributed by atoms with van der Waals surface area (Å²) in [6.07, 6.45) is 2.02. The van der Waals surface area contributed by atoms with Gasteiger partial charge in [0.2, 0.25) is 0 Å². The number of ether oxygens (including phenoxy) is 2. The van der Waals surface area contributed by atoms with Crippen molar-refractivity contribution < 1.29 is 18.8 Å². The average molecular weight is 433 g/mol. The molecule has 4 atom stereocenters. The smallest absolute Gasteiger partial charge is 0.402 e. The largest absolute Gasteiger partial charge is 0.480 e. The molecule has 11 nitrogen and oxygen atoms in total. The molecule has 12 heteroatoms. The lowest BCUT2D eigenvalue weighted by Gasteiger charge is -2.32. The Morgan fingerprint density at radius 1 is 1.23 bits per heavy atom. The first-order valence-electron chi connectivity index (χ1n) is 10.3. The highest BCUT2D eigenvalue weighted by Gasteiger charge is 2.51. The van der Waals surface area contributed by atoms with Crippen molar-refractivity contribution in [3.8, 4) is 0 Å². The molecule has 0 spiro atoms. The van der Waals surface area contributed by atoms with Crippen molar-refractivity contribution in [2.45, 2.75) is 70.7 Å². The third kappa shape index (κ3) is 3.88. The van der Waals surface area contributed by atoms with Crippen LogP contribution in [0.4, 0.5) is 0 Å². The van der Waals surface area contributed by atoms with E-state index in [1.54, 1.807) is 18.0 Å². The van der Waals surface area contributed by atoms with Crippen LogP contribution in [0.3, 0.4) is 0 Å². The van der Waals surface area contributed by atoms with Gasteiger partial charge in [-0.15, -0.1) is 5.10 Å². The Morgan fingerprint density at radius 2 is 1.90 bits per heavy atom. The van der Waals surface area contributed by atoms with Crippen molar-refractivity contribution >= 4 is 7.12 Å². The summed E-state index contributed by atoms with van der Waals surface area (Å²) in [4.78, 5) is 25.9. The molecule has 2 saturated heterocycles. The molecular weight excluding hydrogens is 405 g/mol. The lowest BCUT2D eigenvalue weighted by molar-refractivity contribution is -0.0541. The van der Waals surface area contributed by atoms with E-state index in [9.17, 15) is 9.59 Å². The zero-order valence-corrected chi connectivity index (χ0v) is 18.6. The second-order valence-electron chi connectivity index (χ2n) is 9.08. The van der Waals surface area contributed by atoms with E-state index < -0.39 is 48.0 Å². The summed E-state index contributed by atoms with van der Waals surface area (Å²) in [5.74, 6) is -0.115. The summed E-state index contributed by atoms with van der Waals surface area (Å²) in [7, 11) is 1.12. The van der Waals surface area contributed by atoms with E-state index in [4.69, 9.17) is 18.8 Å². The zero-order valence-electron chi connectivity index (χ0n) is 18.6. The van der Waals surface area contributed by atoms with Crippen LogP contribution in [-0.2, 0) is 25.2 Å². The quantitative estimate of drug-likeness (QED) is 0.684. The van der Waals surface area contributed by atoms with Gasteiger partial charge in [0.25, 0.3) is 5.56 Å². The molecular formula is C19H28BN5O6. The molecule has 4 unspecified atom stereocenters. The molecule has 4 heterocycles. The summed E-state index contributed by atoms with van der Waals surface area (Å²) in [5, 5.41) is 8.47. The maximum Gasteiger partial charge on any atom is 0.480 e. The number of methoxy groups -OCH3 is 1. The Bertz CT molecular complexity index is 1050. The van der Waals surface area contributed by atoms with Crippen LogP contribution in [0, 0.1) is 5.92 Å². The lowest BCUT2D eigenvalue weighted by atomic mass is 9.90. The molecule has 0 aliphatic carbocycles. The van der Waals surface area contributed by atoms with Crippen molar-refractivity contribution in [2.24, 2.45) is 5.92 Å². The van der Waals surface area contributed by atoms with Gasteiger partial charge in [0.05, 0.1) is 23.8 Å². The molecule has 0 amide bonds. The van der Waals surface area contributed by atoms with Gasteiger partial charge in [-0.1, -0.05) is 12.1 Å². The third-order valence-corrected chi connectivity index (χ3v) is 6.45. The van der Waals surface area contributed by atoms with Crippen LogP contribution in [-0.4, -0.2) is 56.1 Å². The second kappa shape index (κ2) is 7.70. The van der Waals surface area contributed by atoms with Crippen LogP contribution in [0.15, 0.2) is 28.0 Å². The minimum atomic E-state index is -0.706. The molecule has 2 aliphatic heterocycles. The fourth-order valence-corrected chi connectivity index (χ4v) is 4.03. The fourth-order valence-electron chi connectivity index (χ4n) is 4.03. The maximum absolute atomic E-state index is 12.3. The van der Waals surface area contributed by atoms with E-state index in [1.807, 2.05) is 34.6 Å². The van der Waals surface area contributed by atoms with Gasteiger partial charge in [-0.25, -0.2) is 4.79 Å². The van der Waals surface area contributed by atoms with Crippen molar-refractivity contribution in [2.75, 3.05) is 7.11 Å². The molecule has 0 aromatic carbocycles. The number of hydrogen-bond donors (Lipinski definition) is 1. The number of aromatic nitrogens is 5. The Balaban J connectivity index is 1.52. The fraction of sp³-hybridized carbons (Fsp3) is 0.684. The van der Waals surface area contributed by atoms with E-state index in [0.29, 0.717) is 12.1 Å². The normalized spacial score (nSPS) is 29.5. The molecule has 2 fully saturated rings. The number of H-pyrrole nitrogens is 1. The number of rotatable bonds is 5. The van der Waals surface area contributed by atoms with E-state index in [0.717, 1.165) is 0 Å². The standard InChI is InChI=1S/C19H28BN5O6/c1-11-14(29-16(15(11)28-6)25-8-7-13(26)21-17(25)27)12-9-24(23-22-12)10-20-30-18(2,3)19(4,5)31-20/h7-9,11,14-16H,10H2,1-6H3,(H,21,26,27). The van der Waals surface area contributed by atoms with Gasteiger partial charge in [0, 0.05) is 25.3 Å². The van der Waals surface area contributed by atoms with Gasteiger partial charge in [-0.3, -0.25) is 19.0 Å². The van der Waals surface area contributed by atoms with Gasteiger partial charge in [-0.05, 0) is 27.7 Å². The van der Waals surface area contributed by atoms with Crippen LogP contribution < -0.4 is 11.2 Å². The first-order chi connectivity index (χ1) is 14.5. The monoisotopic (exact) mass is 433 g/mol. The number of nitrogens with zero attached hydrogens (tertiary/aromatic N) is 4. The summed E-state index contributed by atoms with van der Waals surface area (Å²) in [6.45, 7) is 9.95. The predicted octanol–water partition coefficient (Wildman–Crippen LogP) is 0.681. The van der Waals surface area contributed by atoms with E-state index in [1.165, 1.54) is 16.8 Å². The molecule has 0 radical (unpaired) electrons. The van der Waals surface area contributed by atoms with E-state index >= 15 is 0 Å². The Morgan fingerprint density at radius 3 is 2.52 bits per heavy atom. The topological polar surface area (TPSA) is 122 Å². The molecule has 2 aromatic rings. The minimum absolute atomic E-state index is 0.115. The Kier molecular flexibility index (Phi) is 5.45. The van der Waals surface area contributed by atoms with Crippen LogP contribution in [0.1, 0.15) is 52.6 Å². The van der Waals surface area contributed by atoms with E-state index in [-0.39, 0.29) is 5.92 Å². The van der Waals surface area contributed by atoms with Gasteiger partial charge in [0.1, 0.15) is 17.9 Å². The number of aromatic amines is 1. The molecule has 4 rings (SSSR count). The summed E-state index contributed by atoms with van der Waals surface area (Å²) < 4.78 is 26.8. The van der Waals surface area contributed by atoms with Gasteiger partial charge in [0.15, 0.2) is 6.23 Å². The molecule has 2 aromatic heterocycles. The highest BCUT2D eigenvalue weighted by atomic mass is 16.7. The van der Waals surface area contributed by atoms with Crippen LogP contribution in [0.2, 0.25) is 0 Å². The average Bonchev–Trinajstić information content (AvgIpc) is 3.30. The molecule has 31 heavy (non-hydrogen) atoms. The minimum Gasteiger partial charge on any atom is -0.402 e. The Hall–Kier alpha value is -2.28. The van der Waals surface area contributed by atoms with Crippen LogP contribution >= 0.6 is 0 Å². The highest BCUT2D eigenvalue weighted by Crippen LogP contribution is 2.43. The van der Waals surface area contributed by atoms with Crippen molar-refractivity contribution in [3.05, 3.63) is 45.0 Å². The molecule has 2 aliphatic rings. The first-order valence-corrected chi connectivity index (χ1v) is 10.3. The first kappa shape index (κ1) is 21.9. The number of hydrogen-bond acceptors (Lipinski definition) is 8. The van der Waals surface area contributed by atoms with Crippen molar-refractivity contribution in [1.82, 2.24) is 24.5 Å². The zero-order chi connectivity index (χ0) is 22.6. The van der Waals surface area contributed by atoms with Gasteiger partial charge >= 0.3 is 12.8 Å². The second-order valence-corrected chi connectivity index (χ2v) is 9.08. The Labute approximate surface area is 179 Å². The van der Waals surface area contributed by atoms with Crippen molar-refractivity contribution in [3.63, 3.8) is 0 Å². The molecule has 0 saturated carbocycles. The maximum atomic E-state index is 12.3. The predicted molar refractivity (Wildman–Crippen MR) is 110 cm³/mol.